The molecule has 1 atom stereocenters. The number of alkyl halides is 2. The molecule has 0 fully saturated rings. The molecule has 0 bridgehead atoms. The summed E-state index contributed by atoms with van der Waals surface area (Å²) in [4.78, 5) is 0. The van der Waals surface area contributed by atoms with Gasteiger partial charge in [-0.25, -0.2) is 17.6 Å². The minimum absolute atomic E-state index is 0.139. The molecule has 1 rings (SSSR count). The van der Waals surface area contributed by atoms with E-state index in [0.29, 0.717) is 0 Å². The van der Waals surface area contributed by atoms with Crippen LogP contribution in [-0.4, -0.2) is 12.0 Å². The van der Waals surface area contributed by atoms with Crippen LogP contribution >= 0.6 is 0 Å². The molecular weight excluding hydrogens is 210 g/mol. The monoisotopic (exact) mass is 221 g/mol. The first-order valence-corrected chi connectivity index (χ1v) is 4.34. The lowest BCUT2D eigenvalue weighted by Gasteiger charge is -2.23. The van der Waals surface area contributed by atoms with Crippen LogP contribution in [0, 0.1) is 11.6 Å². The van der Waals surface area contributed by atoms with E-state index in [1.165, 1.54) is 0 Å². The van der Waals surface area contributed by atoms with Gasteiger partial charge in [0.15, 0.2) is 0 Å². The highest BCUT2D eigenvalue weighted by Gasteiger charge is 2.31. The van der Waals surface area contributed by atoms with Gasteiger partial charge in [-0.15, -0.1) is 0 Å². The van der Waals surface area contributed by atoms with Crippen molar-refractivity contribution in [2.45, 2.75) is 25.3 Å². The van der Waals surface area contributed by atoms with Crippen molar-refractivity contribution in [3.63, 3.8) is 0 Å². The molecule has 0 aliphatic heterocycles. The Kier molecular flexibility index (Phi) is 3.34. The van der Waals surface area contributed by atoms with Gasteiger partial charge in [-0.3, -0.25) is 0 Å². The van der Waals surface area contributed by atoms with Gasteiger partial charge >= 0.3 is 0 Å². The standard InChI is InChI=1S/C10H11F4N/c1-10(15,9(13)14)5-6-4-7(11)2-3-8(6)12/h2-4,9H,5,15H2,1H3. The second-order valence-corrected chi connectivity index (χ2v) is 3.72. The van der Waals surface area contributed by atoms with E-state index in [0.717, 1.165) is 25.1 Å². The Labute approximate surface area is 84.9 Å². The van der Waals surface area contributed by atoms with E-state index >= 15 is 0 Å². The molecule has 15 heavy (non-hydrogen) atoms. The minimum Gasteiger partial charge on any atom is -0.320 e. The molecule has 1 aromatic rings. The predicted octanol–water partition coefficient (Wildman–Crippen LogP) is 2.49. The Morgan fingerprint density at radius 3 is 2.47 bits per heavy atom. The van der Waals surface area contributed by atoms with Gasteiger partial charge in [0.25, 0.3) is 6.43 Å². The van der Waals surface area contributed by atoms with E-state index in [1.54, 1.807) is 0 Å². The molecule has 1 nitrogen and oxygen atoms in total. The third kappa shape index (κ3) is 2.92. The van der Waals surface area contributed by atoms with E-state index in [1.807, 2.05) is 0 Å². The second-order valence-electron chi connectivity index (χ2n) is 3.72. The van der Waals surface area contributed by atoms with Crippen molar-refractivity contribution in [2.24, 2.45) is 5.73 Å². The van der Waals surface area contributed by atoms with Gasteiger partial charge in [0.1, 0.15) is 11.6 Å². The van der Waals surface area contributed by atoms with Crippen LogP contribution < -0.4 is 5.73 Å². The third-order valence-electron chi connectivity index (χ3n) is 2.08. The average molecular weight is 221 g/mol. The lowest BCUT2D eigenvalue weighted by molar-refractivity contribution is 0.0634. The summed E-state index contributed by atoms with van der Waals surface area (Å²) in [5.41, 5.74) is 3.28. The molecule has 0 aliphatic rings. The smallest absolute Gasteiger partial charge is 0.256 e. The number of rotatable bonds is 3. The van der Waals surface area contributed by atoms with Crippen LogP contribution in [-0.2, 0) is 6.42 Å². The van der Waals surface area contributed by atoms with Crippen LogP contribution in [0.25, 0.3) is 0 Å². The maximum Gasteiger partial charge on any atom is 0.256 e. The molecule has 0 saturated carbocycles. The van der Waals surface area contributed by atoms with E-state index in [2.05, 4.69) is 0 Å². The van der Waals surface area contributed by atoms with Crippen molar-refractivity contribution in [2.75, 3.05) is 0 Å². The van der Waals surface area contributed by atoms with Gasteiger partial charge in [0.05, 0.1) is 5.54 Å². The minimum atomic E-state index is -2.79. The number of benzene rings is 1. The molecule has 0 spiro atoms. The van der Waals surface area contributed by atoms with Crippen LogP contribution in [0.3, 0.4) is 0 Å². The molecule has 0 saturated heterocycles. The summed E-state index contributed by atoms with van der Waals surface area (Å²) in [7, 11) is 0. The molecular formula is C10H11F4N. The highest BCUT2D eigenvalue weighted by molar-refractivity contribution is 5.21. The zero-order chi connectivity index (χ0) is 11.6. The van der Waals surface area contributed by atoms with Gasteiger partial charge in [-0.1, -0.05) is 0 Å². The fourth-order valence-electron chi connectivity index (χ4n) is 1.17. The maximum absolute atomic E-state index is 13.1. The lowest BCUT2D eigenvalue weighted by Crippen LogP contribution is -2.46. The van der Waals surface area contributed by atoms with Crippen molar-refractivity contribution in [3.8, 4) is 0 Å². The molecule has 0 aromatic heterocycles. The first kappa shape index (κ1) is 12.0. The number of halogens is 4. The van der Waals surface area contributed by atoms with Crippen molar-refractivity contribution in [1.82, 2.24) is 0 Å². The Balaban J connectivity index is 2.94. The predicted molar refractivity (Wildman–Crippen MR) is 48.7 cm³/mol. The van der Waals surface area contributed by atoms with Crippen LogP contribution in [0.15, 0.2) is 18.2 Å². The molecule has 2 N–H and O–H groups in total. The van der Waals surface area contributed by atoms with Crippen molar-refractivity contribution >= 4 is 0 Å². The molecule has 1 aromatic carbocycles. The van der Waals surface area contributed by atoms with Gasteiger partial charge in [-0.05, 0) is 37.1 Å². The van der Waals surface area contributed by atoms with E-state index in [4.69, 9.17) is 5.73 Å². The second kappa shape index (κ2) is 4.18. The van der Waals surface area contributed by atoms with Crippen LogP contribution in [0.4, 0.5) is 17.6 Å². The Bertz CT molecular complexity index is 349. The summed E-state index contributed by atoms with van der Waals surface area (Å²) < 4.78 is 50.6. The quantitative estimate of drug-likeness (QED) is 0.779. The highest BCUT2D eigenvalue weighted by Crippen LogP contribution is 2.20. The van der Waals surface area contributed by atoms with Gasteiger partial charge in [0.2, 0.25) is 0 Å². The van der Waals surface area contributed by atoms with E-state index in [-0.39, 0.29) is 5.56 Å². The summed E-state index contributed by atoms with van der Waals surface area (Å²) in [6.45, 7) is 1.10. The first-order valence-electron chi connectivity index (χ1n) is 4.34. The van der Waals surface area contributed by atoms with Crippen LogP contribution in [0.1, 0.15) is 12.5 Å². The number of hydrogen-bond acceptors (Lipinski definition) is 1. The Morgan fingerprint density at radius 1 is 1.33 bits per heavy atom. The average Bonchev–Trinajstić information content (AvgIpc) is 2.10. The summed E-state index contributed by atoms with van der Waals surface area (Å²) in [6, 6.07) is 2.70. The zero-order valence-corrected chi connectivity index (χ0v) is 8.11. The highest BCUT2D eigenvalue weighted by atomic mass is 19.3. The summed E-state index contributed by atoms with van der Waals surface area (Å²) >= 11 is 0. The summed E-state index contributed by atoms with van der Waals surface area (Å²) in [6.07, 6.45) is -3.20. The van der Waals surface area contributed by atoms with Gasteiger partial charge in [-0.2, -0.15) is 0 Å². The molecule has 0 amide bonds. The molecule has 5 heteroatoms. The van der Waals surface area contributed by atoms with Crippen LogP contribution in [0.5, 0.6) is 0 Å². The van der Waals surface area contributed by atoms with Gasteiger partial charge in [0, 0.05) is 0 Å². The topological polar surface area (TPSA) is 26.0 Å². The van der Waals surface area contributed by atoms with Gasteiger partial charge < -0.3 is 5.73 Å². The number of nitrogens with two attached hydrogens (primary N) is 1. The fourth-order valence-corrected chi connectivity index (χ4v) is 1.17. The Morgan fingerprint density at radius 2 is 1.93 bits per heavy atom. The maximum atomic E-state index is 13.1. The molecule has 1 unspecified atom stereocenters. The molecule has 0 heterocycles. The van der Waals surface area contributed by atoms with Crippen molar-refractivity contribution < 1.29 is 17.6 Å². The SMILES string of the molecule is CC(N)(Cc1cc(F)ccc1F)C(F)F. The largest absolute Gasteiger partial charge is 0.320 e. The number of hydrogen-bond donors (Lipinski definition) is 1. The molecule has 0 radical (unpaired) electrons. The zero-order valence-electron chi connectivity index (χ0n) is 8.11. The van der Waals surface area contributed by atoms with Crippen molar-refractivity contribution in [3.05, 3.63) is 35.4 Å². The van der Waals surface area contributed by atoms with Crippen LogP contribution in [0.2, 0.25) is 0 Å². The Hall–Kier alpha value is -1.10. The van der Waals surface area contributed by atoms with E-state index < -0.39 is 30.0 Å². The van der Waals surface area contributed by atoms with E-state index in [9.17, 15) is 17.6 Å². The fraction of sp³-hybridized carbons (Fsp3) is 0.400. The summed E-state index contributed by atoms with van der Waals surface area (Å²) in [5.74, 6) is -1.40. The third-order valence-corrected chi connectivity index (χ3v) is 2.08. The first-order chi connectivity index (χ1) is 6.83. The molecule has 0 aliphatic carbocycles. The normalized spacial score (nSPS) is 15.4. The summed E-state index contributed by atoms with van der Waals surface area (Å²) in [5, 5.41) is 0. The molecule has 84 valence electrons. The van der Waals surface area contributed by atoms with Crippen molar-refractivity contribution in [1.29, 1.82) is 0 Å². The lowest BCUT2D eigenvalue weighted by atomic mass is 9.94.